The number of hydrogen-bond acceptors (Lipinski definition) is 1. The van der Waals surface area contributed by atoms with Gasteiger partial charge in [-0.2, -0.15) is 0 Å². The maximum Gasteiger partial charge on any atom is 1.00 e. The van der Waals surface area contributed by atoms with E-state index < -0.39 is 5.97 Å². The van der Waals surface area contributed by atoms with E-state index in [2.05, 4.69) is 33.0 Å². The molecule has 4 heteroatoms. The van der Waals surface area contributed by atoms with Crippen LogP contribution in [-0.4, -0.2) is 23.2 Å². The third-order valence-electron chi connectivity index (χ3n) is 0.899. The summed E-state index contributed by atoms with van der Waals surface area (Å²) in [7, 11) is 0. The molecule has 0 aliphatic carbocycles. The van der Waals surface area contributed by atoms with E-state index in [0.29, 0.717) is 12.1 Å². The zero-order valence-corrected chi connectivity index (χ0v) is 9.66. The first-order valence-electron chi connectivity index (χ1n) is 4.31. The van der Waals surface area contributed by atoms with Crippen molar-refractivity contribution in [3.05, 3.63) is 5.32 Å². The van der Waals surface area contributed by atoms with Crippen molar-refractivity contribution in [2.45, 2.75) is 53.1 Å². The summed E-state index contributed by atoms with van der Waals surface area (Å²) in [4.78, 5) is 9.37. The summed E-state index contributed by atoms with van der Waals surface area (Å²) in [5, 5.41) is 12.0. The maximum absolute atomic E-state index is 9.37. The van der Waals surface area contributed by atoms with E-state index in [1.165, 1.54) is 0 Å². The fourth-order valence-electron chi connectivity index (χ4n) is 0.596. The minimum Gasteiger partial charge on any atom is -0.658 e. The minimum atomic E-state index is -0.745. The first-order valence-corrected chi connectivity index (χ1v) is 4.31. The van der Waals surface area contributed by atoms with Crippen LogP contribution in [0.2, 0.25) is 0 Å². The number of aliphatic carboxylic acids is 1. The third-order valence-corrected chi connectivity index (χ3v) is 0.899. The number of carbonyl (C=O) groups is 1. The van der Waals surface area contributed by atoms with Gasteiger partial charge in [-0.1, -0.05) is 34.6 Å². The molecule has 0 radical (unpaired) electrons. The quantitative estimate of drug-likeness (QED) is 0.606. The molecule has 0 fully saturated rings. The summed E-state index contributed by atoms with van der Waals surface area (Å²) >= 11 is 0. The standard InChI is InChI=1S/C6H14N.C3H6O2.Li/c1-5(2)7-6(3)4;1-2-3(4)5;/h5-6H,1-4H3;2H2,1H3,(H,4,5);/q-1;;+1. The van der Waals surface area contributed by atoms with Crippen molar-refractivity contribution < 1.29 is 28.8 Å². The van der Waals surface area contributed by atoms with Gasteiger partial charge in [-0.05, 0) is 0 Å². The predicted molar refractivity (Wildman–Crippen MR) is 51.6 cm³/mol. The van der Waals surface area contributed by atoms with Gasteiger partial charge in [0.25, 0.3) is 0 Å². The Balaban J connectivity index is -0.000000150. The van der Waals surface area contributed by atoms with Gasteiger partial charge in [-0.15, -0.1) is 12.1 Å². The monoisotopic (exact) mass is 181 g/mol. The first-order chi connectivity index (χ1) is 5.40. The van der Waals surface area contributed by atoms with E-state index in [1.54, 1.807) is 6.92 Å². The molecule has 74 valence electrons. The number of nitrogens with zero attached hydrogens (tertiary/aromatic N) is 1. The summed E-state index contributed by atoms with van der Waals surface area (Å²) in [5.41, 5.74) is 0. The Morgan fingerprint density at radius 1 is 1.23 bits per heavy atom. The van der Waals surface area contributed by atoms with E-state index in [9.17, 15) is 4.79 Å². The fourth-order valence-corrected chi connectivity index (χ4v) is 0.596. The summed E-state index contributed by atoms with van der Waals surface area (Å²) in [6.07, 6.45) is 0.222. The molecular formula is C9H20LiNO2. The molecule has 0 aromatic carbocycles. The van der Waals surface area contributed by atoms with Crippen molar-refractivity contribution in [2.24, 2.45) is 0 Å². The predicted octanol–water partition coefficient (Wildman–Crippen LogP) is -0.338. The Labute approximate surface area is 93.5 Å². The molecule has 0 spiro atoms. The molecule has 0 aliphatic heterocycles. The van der Waals surface area contributed by atoms with Crippen molar-refractivity contribution in [1.82, 2.24) is 0 Å². The molecule has 0 bridgehead atoms. The van der Waals surface area contributed by atoms with Crippen LogP contribution in [0.4, 0.5) is 0 Å². The van der Waals surface area contributed by atoms with Crippen molar-refractivity contribution in [2.75, 3.05) is 0 Å². The third kappa shape index (κ3) is 33.3. The van der Waals surface area contributed by atoms with Gasteiger partial charge in [0.2, 0.25) is 0 Å². The van der Waals surface area contributed by atoms with Crippen LogP contribution in [0.25, 0.3) is 5.32 Å². The van der Waals surface area contributed by atoms with E-state index >= 15 is 0 Å². The maximum atomic E-state index is 9.37. The molecule has 0 rings (SSSR count). The second-order valence-electron chi connectivity index (χ2n) is 3.08. The molecule has 0 saturated carbocycles. The molecule has 0 atom stereocenters. The van der Waals surface area contributed by atoms with Crippen LogP contribution >= 0.6 is 0 Å². The molecule has 0 amide bonds. The smallest absolute Gasteiger partial charge is 0.658 e. The number of carboxylic acids is 1. The van der Waals surface area contributed by atoms with Gasteiger partial charge in [0.1, 0.15) is 0 Å². The fraction of sp³-hybridized carbons (Fsp3) is 0.889. The van der Waals surface area contributed by atoms with Crippen molar-refractivity contribution in [3.8, 4) is 0 Å². The summed E-state index contributed by atoms with van der Waals surface area (Å²) in [5.74, 6) is -0.745. The van der Waals surface area contributed by atoms with Crippen molar-refractivity contribution in [1.29, 1.82) is 0 Å². The summed E-state index contributed by atoms with van der Waals surface area (Å²) in [6.45, 7) is 9.99. The Morgan fingerprint density at radius 3 is 1.46 bits per heavy atom. The van der Waals surface area contributed by atoms with Crippen LogP contribution in [0.5, 0.6) is 0 Å². The van der Waals surface area contributed by atoms with Gasteiger partial charge < -0.3 is 10.4 Å². The molecule has 1 N–H and O–H groups in total. The number of rotatable bonds is 3. The Morgan fingerprint density at radius 2 is 1.46 bits per heavy atom. The van der Waals surface area contributed by atoms with Gasteiger partial charge in [0.15, 0.2) is 0 Å². The van der Waals surface area contributed by atoms with Crippen LogP contribution in [0, 0.1) is 0 Å². The van der Waals surface area contributed by atoms with Crippen LogP contribution in [-0.2, 0) is 4.79 Å². The van der Waals surface area contributed by atoms with E-state index in [0.717, 1.165) is 0 Å². The molecule has 0 heterocycles. The molecule has 3 nitrogen and oxygen atoms in total. The van der Waals surface area contributed by atoms with Crippen LogP contribution in [0.1, 0.15) is 41.0 Å². The van der Waals surface area contributed by atoms with Gasteiger partial charge >= 0.3 is 24.8 Å². The second kappa shape index (κ2) is 12.0. The molecular weight excluding hydrogens is 161 g/mol. The molecule has 0 saturated heterocycles. The zero-order valence-electron chi connectivity index (χ0n) is 9.66. The van der Waals surface area contributed by atoms with E-state index in [4.69, 9.17) is 5.11 Å². The van der Waals surface area contributed by atoms with Crippen LogP contribution in [0.15, 0.2) is 0 Å². The van der Waals surface area contributed by atoms with Crippen molar-refractivity contribution >= 4 is 5.97 Å². The zero-order chi connectivity index (χ0) is 10.1. The van der Waals surface area contributed by atoms with E-state index in [-0.39, 0.29) is 25.3 Å². The molecule has 13 heavy (non-hydrogen) atoms. The van der Waals surface area contributed by atoms with Crippen molar-refractivity contribution in [3.63, 3.8) is 0 Å². The largest absolute Gasteiger partial charge is 1.00 e. The minimum absolute atomic E-state index is 0. The molecule has 0 unspecified atom stereocenters. The second-order valence-corrected chi connectivity index (χ2v) is 3.08. The normalized spacial score (nSPS) is 8.85. The topological polar surface area (TPSA) is 51.4 Å². The average Bonchev–Trinajstić information content (AvgIpc) is 1.85. The number of carboxylic acid groups (broad SMARTS) is 1. The molecule has 0 aromatic heterocycles. The van der Waals surface area contributed by atoms with Crippen LogP contribution in [0.3, 0.4) is 0 Å². The molecule has 0 aliphatic rings. The van der Waals surface area contributed by atoms with Gasteiger partial charge in [0.05, 0.1) is 0 Å². The average molecular weight is 181 g/mol. The first kappa shape index (κ1) is 18.7. The van der Waals surface area contributed by atoms with E-state index in [1.807, 2.05) is 0 Å². The van der Waals surface area contributed by atoms with Gasteiger partial charge in [-0.25, -0.2) is 0 Å². The Kier molecular flexibility index (Phi) is 17.3. The Bertz CT molecular complexity index is 110. The van der Waals surface area contributed by atoms with Gasteiger partial charge in [0, 0.05) is 6.42 Å². The van der Waals surface area contributed by atoms with Gasteiger partial charge in [-0.3, -0.25) is 4.79 Å². The molecule has 0 aromatic rings. The SMILES string of the molecule is CC(C)[N-]C(C)C.CCC(=O)O.[Li+]. The number of hydrogen-bond donors (Lipinski definition) is 1. The van der Waals surface area contributed by atoms with Crippen LogP contribution < -0.4 is 18.9 Å². The Hall–Kier alpha value is 0.0274. The summed E-state index contributed by atoms with van der Waals surface area (Å²) < 4.78 is 0. The summed E-state index contributed by atoms with van der Waals surface area (Å²) in [6, 6.07) is 1.000.